The van der Waals surface area contributed by atoms with Gasteiger partial charge in [-0.25, -0.2) is 0 Å². The number of hydrogen-bond donors (Lipinski definition) is 1. The average Bonchev–Trinajstić information content (AvgIpc) is 2.18. The maximum Gasteiger partial charge on any atom is 0.253 e. The maximum atomic E-state index is 11.5. The van der Waals surface area contributed by atoms with Gasteiger partial charge in [0.2, 0.25) is 0 Å². The summed E-state index contributed by atoms with van der Waals surface area (Å²) in [6.45, 7) is 2.42. The number of halogens is 1. The lowest BCUT2D eigenvalue weighted by molar-refractivity contribution is 0.0953. The van der Waals surface area contributed by atoms with Crippen molar-refractivity contribution in [3.8, 4) is 0 Å². The van der Waals surface area contributed by atoms with E-state index in [4.69, 9.17) is 11.6 Å². The molecule has 0 aliphatic carbocycles. The van der Waals surface area contributed by atoms with Crippen LogP contribution in [0.5, 0.6) is 0 Å². The fraction of sp³-hybridized carbons (Fsp3) is 0.400. The molecule has 0 atom stereocenters. The molecule has 0 saturated carbocycles. The quantitative estimate of drug-likeness (QED) is 0.610. The Labute approximate surface area is 88.5 Å². The van der Waals surface area contributed by atoms with Gasteiger partial charge in [0, 0.05) is 24.3 Å². The zero-order valence-corrected chi connectivity index (χ0v) is 8.84. The number of carbonyl (C=O) groups excluding carboxylic acids is 1. The minimum atomic E-state index is -0.0827. The lowest BCUT2D eigenvalue weighted by Gasteiger charge is -2.05. The van der Waals surface area contributed by atoms with E-state index >= 15 is 0 Å². The number of hydrogen-bond acceptors (Lipinski definition) is 2. The summed E-state index contributed by atoms with van der Waals surface area (Å²) in [5, 5.41) is 2.78. The second-order valence-corrected chi connectivity index (χ2v) is 3.31. The molecule has 0 fully saturated rings. The van der Waals surface area contributed by atoms with E-state index in [1.807, 2.05) is 6.92 Å². The summed E-state index contributed by atoms with van der Waals surface area (Å²) < 4.78 is 0. The van der Waals surface area contributed by atoms with Gasteiger partial charge >= 0.3 is 0 Å². The minimum absolute atomic E-state index is 0.0827. The number of nitrogens with zero attached hydrogens (tertiary/aromatic N) is 1. The molecule has 1 heterocycles. The molecule has 0 unspecified atom stereocenters. The van der Waals surface area contributed by atoms with Crippen LogP contribution in [-0.4, -0.2) is 23.3 Å². The van der Waals surface area contributed by atoms with E-state index in [-0.39, 0.29) is 5.91 Å². The molecule has 1 N–H and O–H groups in total. The number of rotatable bonds is 4. The highest BCUT2D eigenvalue weighted by atomic mass is 35.5. The molecule has 3 nitrogen and oxygen atoms in total. The Balaban J connectivity index is 2.56. The fourth-order valence-corrected chi connectivity index (χ4v) is 1.22. The Bertz CT molecular complexity index is 315. The lowest BCUT2D eigenvalue weighted by Crippen LogP contribution is -2.25. The first-order valence-electron chi connectivity index (χ1n) is 4.51. The Hall–Kier alpha value is -1.09. The second kappa shape index (κ2) is 5.60. The van der Waals surface area contributed by atoms with Crippen LogP contribution in [0.1, 0.15) is 22.5 Å². The summed E-state index contributed by atoms with van der Waals surface area (Å²) in [6.07, 6.45) is 2.46. The molecule has 76 valence electrons. The van der Waals surface area contributed by atoms with Crippen LogP contribution in [0.15, 0.2) is 18.3 Å². The van der Waals surface area contributed by atoms with Crippen molar-refractivity contribution in [2.45, 2.75) is 13.3 Å². The van der Waals surface area contributed by atoms with Crippen molar-refractivity contribution in [2.75, 3.05) is 12.4 Å². The molecule has 0 spiro atoms. The Morgan fingerprint density at radius 2 is 2.43 bits per heavy atom. The summed E-state index contributed by atoms with van der Waals surface area (Å²) >= 11 is 5.50. The molecular weight excluding hydrogens is 200 g/mol. The van der Waals surface area contributed by atoms with Crippen molar-refractivity contribution in [3.05, 3.63) is 29.6 Å². The third kappa shape index (κ3) is 3.00. The summed E-state index contributed by atoms with van der Waals surface area (Å²) in [7, 11) is 0. The number of amides is 1. The molecule has 0 aliphatic heterocycles. The van der Waals surface area contributed by atoms with Crippen molar-refractivity contribution in [1.82, 2.24) is 10.3 Å². The predicted molar refractivity (Wildman–Crippen MR) is 56.6 cm³/mol. The maximum absolute atomic E-state index is 11.5. The van der Waals surface area contributed by atoms with E-state index < -0.39 is 0 Å². The zero-order valence-electron chi connectivity index (χ0n) is 8.09. The molecule has 1 rings (SSSR count). The molecule has 0 aliphatic rings. The van der Waals surface area contributed by atoms with Crippen LogP contribution in [0, 0.1) is 6.92 Å². The van der Waals surface area contributed by atoms with Gasteiger partial charge in [0.15, 0.2) is 0 Å². The molecule has 0 radical (unpaired) electrons. The van der Waals surface area contributed by atoms with E-state index in [9.17, 15) is 4.79 Å². The molecule has 1 amide bonds. The van der Waals surface area contributed by atoms with Gasteiger partial charge < -0.3 is 5.32 Å². The van der Waals surface area contributed by atoms with Crippen LogP contribution in [0.3, 0.4) is 0 Å². The van der Waals surface area contributed by atoms with Gasteiger partial charge in [0.05, 0.1) is 5.56 Å². The predicted octanol–water partition coefficient (Wildman–Crippen LogP) is 1.75. The van der Waals surface area contributed by atoms with E-state index in [1.165, 1.54) is 0 Å². The van der Waals surface area contributed by atoms with E-state index in [0.29, 0.717) is 18.0 Å². The zero-order chi connectivity index (χ0) is 10.4. The first-order valence-corrected chi connectivity index (χ1v) is 5.05. The molecule has 0 bridgehead atoms. The van der Waals surface area contributed by atoms with E-state index in [0.717, 1.165) is 12.1 Å². The average molecular weight is 213 g/mol. The normalized spacial score (nSPS) is 9.86. The van der Waals surface area contributed by atoms with Crippen LogP contribution in [0.25, 0.3) is 0 Å². The van der Waals surface area contributed by atoms with Gasteiger partial charge in [0.25, 0.3) is 5.91 Å². The Morgan fingerprint density at radius 1 is 1.64 bits per heavy atom. The van der Waals surface area contributed by atoms with Gasteiger partial charge in [-0.2, -0.15) is 0 Å². The monoisotopic (exact) mass is 212 g/mol. The van der Waals surface area contributed by atoms with E-state index in [2.05, 4.69) is 10.3 Å². The van der Waals surface area contributed by atoms with Crippen molar-refractivity contribution >= 4 is 17.5 Å². The SMILES string of the molecule is Cc1ncccc1C(=O)NCCCCl. The summed E-state index contributed by atoms with van der Waals surface area (Å²) in [5.74, 6) is 0.479. The number of nitrogens with one attached hydrogen (secondary N) is 1. The Kier molecular flexibility index (Phi) is 4.40. The standard InChI is InChI=1S/C10H13ClN2O/c1-8-9(4-2-6-12-8)10(14)13-7-3-5-11/h2,4,6H,3,5,7H2,1H3,(H,13,14). The first-order chi connectivity index (χ1) is 6.75. The first kappa shape index (κ1) is 11.0. The summed E-state index contributed by atoms with van der Waals surface area (Å²) in [6, 6.07) is 3.52. The van der Waals surface area contributed by atoms with Gasteiger partial charge in [-0.05, 0) is 25.5 Å². The number of pyridine rings is 1. The highest BCUT2D eigenvalue weighted by molar-refractivity contribution is 6.17. The summed E-state index contributed by atoms with van der Waals surface area (Å²) in [5.41, 5.74) is 1.37. The van der Waals surface area contributed by atoms with Gasteiger partial charge in [-0.15, -0.1) is 11.6 Å². The molecule has 1 aromatic rings. The van der Waals surface area contributed by atoms with Gasteiger partial charge in [-0.3, -0.25) is 9.78 Å². The fourth-order valence-electron chi connectivity index (χ4n) is 1.09. The number of alkyl halides is 1. The van der Waals surface area contributed by atoms with E-state index in [1.54, 1.807) is 18.3 Å². The molecule has 0 aromatic carbocycles. The van der Waals surface area contributed by atoms with Crippen molar-refractivity contribution in [3.63, 3.8) is 0 Å². The smallest absolute Gasteiger partial charge is 0.253 e. The van der Waals surface area contributed by atoms with Crippen LogP contribution >= 0.6 is 11.6 Å². The topological polar surface area (TPSA) is 42.0 Å². The molecule has 4 heteroatoms. The van der Waals surface area contributed by atoms with Crippen molar-refractivity contribution < 1.29 is 4.79 Å². The van der Waals surface area contributed by atoms with Crippen LogP contribution in [0.4, 0.5) is 0 Å². The molecular formula is C10H13ClN2O. The lowest BCUT2D eigenvalue weighted by atomic mass is 10.2. The van der Waals surface area contributed by atoms with Crippen molar-refractivity contribution in [2.24, 2.45) is 0 Å². The van der Waals surface area contributed by atoms with Crippen molar-refractivity contribution in [1.29, 1.82) is 0 Å². The third-order valence-corrected chi connectivity index (χ3v) is 2.11. The van der Waals surface area contributed by atoms with Crippen LogP contribution < -0.4 is 5.32 Å². The third-order valence-electron chi connectivity index (χ3n) is 1.85. The largest absolute Gasteiger partial charge is 0.352 e. The Morgan fingerprint density at radius 3 is 3.07 bits per heavy atom. The van der Waals surface area contributed by atoms with Gasteiger partial charge in [0.1, 0.15) is 0 Å². The van der Waals surface area contributed by atoms with Gasteiger partial charge in [-0.1, -0.05) is 0 Å². The number of aryl methyl sites for hydroxylation is 1. The number of aromatic nitrogens is 1. The highest BCUT2D eigenvalue weighted by Crippen LogP contribution is 2.02. The molecule has 1 aromatic heterocycles. The minimum Gasteiger partial charge on any atom is -0.352 e. The van der Waals surface area contributed by atoms with Crippen LogP contribution in [-0.2, 0) is 0 Å². The second-order valence-electron chi connectivity index (χ2n) is 2.93. The summed E-state index contributed by atoms with van der Waals surface area (Å²) in [4.78, 5) is 15.6. The van der Waals surface area contributed by atoms with Crippen LogP contribution in [0.2, 0.25) is 0 Å². The highest BCUT2D eigenvalue weighted by Gasteiger charge is 2.07. The molecule has 14 heavy (non-hydrogen) atoms. The molecule has 0 saturated heterocycles. The number of carbonyl (C=O) groups is 1.